The van der Waals surface area contributed by atoms with E-state index in [1.165, 1.54) is 36.9 Å². The molecule has 3 atom stereocenters. The number of H-pyrrole nitrogens is 1. The van der Waals surface area contributed by atoms with Crippen molar-refractivity contribution >= 4 is 5.91 Å². The van der Waals surface area contributed by atoms with Crippen molar-refractivity contribution in [3.8, 4) is 0 Å². The van der Waals surface area contributed by atoms with Crippen LogP contribution in [0.15, 0.2) is 6.20 Å². The van der Waals surface area contributed by atoms with Gasteiger partial charge in [-0.25, -0.2) is 0 Å². The van der Waals surface area contributed by atoms with Gasteiger partial charge in [-0.05, 0) is 37.0 Å². The van der Waals surface area contributed by atoms with Gasteiger partial charge in [0.05, 0.1) is 6.20 Å². The minimum absolute atomic E-state index is 0.365. The highest BCUT2D eigenvalue weighted by molar-refractivity contribution is 5.76. The number of nitrogens with zero attached hydrogens (tertiary/aromatic N) is 2. The minimum atomic E-state index is 0.365. The summed E-state index contributed by atoms with van der Waals surface area (Å²) < 4.78 is 0. The van der Waals surface area contributed by atoms with Gasteiger partial charge in [-0.3, -0.25) is 9.89 Å². The van der Waals surface area contributed by atoms with E-state index in [0.29, 0.717) is 11.8 Å². The summed E-state index contributed by atoms with van der Waals surface area (Å²) in [6, 6.07) is 0. The van der Waals surface area contributed by atoms with Crippen molar-refractivity contribution in [3.63, 3.8) is 0 Å². The maximum Gasteiger partial charge on any atom is 0.223 e. The van der Waals surface area contributed by atoms with Crippen LogP contribution in [-0.2, 0) is 17.8 Å². The molecule has 0 unspecified atom stereocenters. The molecule has 1 aromatic heterocycles. The van der Waals surface area contributed by atoms with Crippen LogP contribution in [0.25, 0.3) is 0 Å². The molecule has 2 saturated carbocycles. The van der Waals surface area contributed by atoms with E-state index < -0.39 is 0 Å². The van der Waals surface area contributed by atoms with Crippen molar-refractivity contribution in [2.45, 2.75) is 45.1 Å². The van der Waals surface area contributed by atoms with Crippen molar-refractivity contribution < 1.29 is 4.79 Å². The van der Waals surface area contributed by atoms with E-state index in [2.05, 4.69) is 10.2 Å². The Balaban J connectivity index is 1.39. The predicted octanol–water partition coefficient (Wildman–Crippen LogP) is 2.12. The molecule has 1 aromatic rings. The van der Waals surface area contributed by atoms with Gasteiger partial charge in [0.2, 0.25) is 5.91 Å². The van der Waals surface area contributed by atoms with E-state index in [9.17, 15) is 4.79 Å². The van der Waals surface area contributed by atoms with Crippen LogP contribution in [0.3, 0.4) is 0 Å². The molecule has 1 aliphatic heterocycles. The van der Waals surface area contributed by atoms with Gasteiger partial charge in [-0.15, -0.1) is 0 Å². The zero-order chi connectivity index (χ0) is 12.8. The first-order chi connectivity index (χ1) is 9.29. The average molecular weight is 259 g/mol. The van der Waals surface area contributed by atoms with Crippen molar-refractivity contribution in [3.05, 3.63) is 17.5 Å². The summed E-state index contributed by atoms with van der Waals surface area (Å²) in [4.78, 5) is 14.5. The van der Waals surface area contributed by atoms with Crippen molar-refractivity contribution in [2.75, 3.05) is 6.54 Å². The Labute approximate surface area is 113 Å². The maximum atomic E-state index is 12.5. The van der Waals surface area contributed by atoms with Gasteiger partial charge >= 0.3 is 0 Å². The van der Waals surface area contributed by atoms with Crippen LogP contribution >= 0.6 is 0 Å². The topological polar surface area (TPSA) is 49.0 Å². The Morgan fingerprint density at radius 1 is 1.42 bits per heavy atom. The number of aromatic amines is 1. The summed E-state index contributed by atoms with van der Waals surface area (Å²) in [7, 11) is 0. The molecule has 2 bridgehead atoms. The second kappa shape index (κ2) is 4.36. The molecule has 2 fully saturated rings. The highest BCUT2D eigenvalue weighted by Gasteiger charge is 2.40. The largest absolute Gasteiger partial charge is 0.338 e. The fraction of sp³-hybridized carbons (Fsp3) is 0.733. The predicted molar refractivity (Wildman–Crippen MR) is 71.3 cm³/mol. The number of carbonyl (C=O) groups is 1. The summed E-state index contributed by atoms with van der Waals surface area (Å²) in [5.41, 5.74) is 2.41. The Morgan fingerprint density at radius 3 is 3.16 bits per heavy atom. The number of nitrogens with one attached hydrogen (secondary N) is 1. The second-order valence-electron chi connectivity index (χ2n) is 6.58. The van der Waals surface area contributed by atoms with E-state index in [-0.39, 0.29) is 0 Å². The summed E-state index contributed by atoms with van der Waals surface area (Å²) in [6.07, 6.45) is 9.06. The third kappa shape index (κ3) is 1.97. The summed E-state index contributed by atoms with van der Waals surface area (Å²) in [5.74, 6) is 2.83. The number of aromatic nitrogens is 2. The van der Waals surface area contributed by atoms with Gasteiger partial charge in [0.1, 0.15) is 0 Å². The highest BCUT2D eigenvalue weighted by Crippen LogP contribution is 2.49. The third-order valence-electron chi connectivity index (χ3n) is 5.47. The quantitative estimate of drug-likeness (QED) is 0.884. The Bertz CT molecular complexity index is 495. The lowest BCUT2D eigenvalue weighted by molar-refractivity contribution is -0.133. The Morgan fingerprint density at radius 2 is 2.37 bits per heavy atom. The monoisotopic (exact) mass is 259 g/mol. The molecule has 3 aliphatic rings. The first kappa shape index (κ1) is 11.5. The standard InChI is InChI=1S/C15H21N3O/c19-15(7-12-6-10-1-2-11(12)5-10)18-4-3-14-13(9-18)8-16-17-14/h8,10-12H,1-7,9H2,(H,16,17)/t10-,11-,12-/m0/s1. The van der Waals surface area contributed by atoms with Crippen molar-refractivity contribution in [1.29, 1.82) is 0 Å². The van der Waals surface area contributed by atoms with E-state index in [0.717, 1.165) is 37.8 Å². The maximum absolute atomic E-state index is 12.5. The summed E-state index contributed by atoms with van der Waals surface area (Å²) in [6.45, 7) is 1.61. The normalized spacial score (nSPS) is 32.6. The summed E-state index contributed by atoms with van der Waals surface area (Å²) in [5, 5.41) is 7.09. The van der Waals surface area contributed by atoms with Crippen LogP contribution in [0.2, 0.25) is 0 Å². The van der Waals surface area contributed by atoms with Gasteiger partial charge in [0.25, 0.3) is 0 Å². The molecule has 0 saturated heterocycles. The number of hydrogen-bond acceptors (Lipinski definition) is 2. The molecule has 0 spiro atoms. The molecule has 0 radical (unpaired) electrons. The van der Waals surface area contributed by atoms with Crippen molar-refractivity contribution in [1.82, 2.24) is 15.1 Å². The van der Waals surface area contributed by atoms with Gasteiger partial charge in [0, 0.05) is 37.2 Å². The van der Waals surface area contributed by atoms with Gasteiger partial charge in [-0.1, -0.05) is 6.42 Å². The molecule has 102 valence electrons. The van der Waals surface area contributed by atoms with Crippen LogP contribution in [0, 0.1) is 17.8 Å². The lowest BCUT2D eigenvalue weighted by Gasteiger charge is -2.29. The zero-order valence-electron chi connectivity index (χ0n) is 11.3. The molecular weight excluding hydrogens is 238 g/mol. The second-order valence-corrected chi connectivity index (χ2v) is 6.58. The number of hydrogen-bond donors (Lipinski definition) is 1. The molecule has 19 heavy (non-hydrogen) atoms. The van der Waals surface area contributed by atoms with Crippen LogP contribution in [0.1, 0.15) is 43.4 Å². The fourth-order valence-corrected chi connectivity index (χ4v) is 4.41. The number of rotatable bonds is 2. The molecule has 2 aliphatic carbocycles. The Kier molecular flexibility index (Phi) is 2.64. The minimum Gasteiger partial charge on any atom is -0.338 e. The molecule has 2 heterocycles. The molecule has 4 rings (SSSR count). The molecule has 4 heteroatoms. The van der Waals surface area contributed by atoms with Crippen LogP contribution in [0.4, 0.5) is 0 Å². The van der Waals surface area contributed by atoms with E-state index in [1.54, 1.807) is 0 Å². The van der Waals surface area contributed by atoms with Crippen LogP contribution in [0.5, 0.6) is 0 Å². The zero-order valence-corrected chi connectivity index (χ0v) is 11.3. The third-order valence-corrected chi connectivity index (χ3v) is 5.47. The van der Waals surface area contributed by atoms with E-state index in [1.807, 2.05) is 11.1 Å². The van der Waals surface area contributed by atoms with Gasteiger partial charge < -0.3 is 4.90 Å². The van der Waals surface area contributed by atoms with Crippen molar-refractivity contribution in [2.24, 2.45) is 17.8 Å². The van der Waals surface area contributed by atoms with Gasteiger partial charge in [0.15, 0.2) is 0 Å². The van der Waals surface area contributed by atoms with Crippen LogP contribution < -0.4 is 0 Å². The van der Waals surface area contributed by atoms with Gasteiger partial charge in [-0.2, -0.15) is 5.10 Å². The Hall–Kier alpha value is -1.32. The molecule has 1 N–H and O–H groups in total. The molecular formula is C15H21N3O. The first-order valence-electron chi connectivity index (χ1n) is 7.58. The molecule has 4 nitrogen and oxygen atoms in total. The summed E-state index contributed by atoms with van der Waals surface area (Å²) >= 11 is 0. The SMILES string of the molecule is O=C(C[C@@H]1C[C@H]2CC[C@H]1C2)N1CCc2[nH]ncc2C1. The molecule has 0 aromatic carbocycles. The lowest BCUT2D eigenvalue weighted by Crippen LogP contribution is -2.37. The highest BCUT2D eigenvalue weighted by atomic mass is 16.2. The van der Waals surface area contributed by atoms with E-state index in [4.69, 9.17) is 0 Å². The van der Waals surface area contributed by atoms with Crippen LogP contribution in [-0.4, -0.2) is 27.5 Å². The smallest absolute Gasteiger partial charge is 0.223 e. The number of carbonyl (C=O) groups excluding carboxylic acids is 1. The number of amides is 1. The number of fused-ring (bicyclic) bond motifs is 3. The van der Waals surface area contributed by atoms with E-state index >= 15 is 0 Å². The average Bonchev–Trinajstić information content (AvgIpc) is 3.13. The first-order valence-corrected chi connectivity index (χ1v) is 7.58. The lowest BCUT2D eigenvalue weighted by atomic mass is 9.86. The molecule has 1 amide bonds. The fourth-order valence-electron chi connectivity index (χ4n) is 4.41.